The highest BCUT2D eigenvalue weighted by molar-refractivity contribution is 5.51. The molecule has 3 heteroatoms. The highest BCUT2D eigenvalue weighted by Crippen LogP contribution is 2.25. The molecule has 2 unspecified atom stereocenters. The number of pyridine rings is 1. The number of aromatic nitrogens is 1. The Hall–Kier alpha value is -1.25. The maximum atomic E-state index is 5.77. The van der Waals surface area contributed by atoms with E-state index in [2.05, 4.69) is 17.2 Å². The maximum Gasteiger partial charge on any atom is 0.126 e. The second-order valence-electron chi connectivity index (χ2n) is 5.38. The van der Waals surface area contributed by atoms with Gasteiger partial charge in [0.05, 0.1) is 11.9 Å². The Labute approximate surface area is 104 Å². The molecule has 94 valence electrons. The first-order valence-corrected chi connectivity index (χ1v) is 6.64. The minimum atomic E-state index is 0.579. The lowest BCUT2D eigenvalue weighted by atomic mass is 10.0. The first-order chi connectivity index (χ1) is 8.15. The number of nitrogens with two attached hydrogens (primary N) is 1. The summed E-state index contributed by atoms with van der Waals surface area (Å²) in [5, 5.41) is 3.54. The SMILES string of the molecule is Cc1cc(NC2CCCC(C)CC2)ncc1N. The molecule has 1 aliphatic rings. The predicted molar refractivity (Wildman–Crippen MR) is 73.0 cm³/mol. The number of hydrogen-bond acceptors (Lipinski definition) is 3. The van der Waals surface area contributed by atoms with Gasteiger partial charge in [0.15, 0.2) is 0 Å². The van der Waals surface area contributed by atoms with E-state index in [0.29, 0.717) is 6.04 Å². The van der Waals surface area contributed by atoms with Crippen molar-refractivity contribution in [2.24, 2.45) is 5.92 Å². The smallest absolute Gasteiger partial charge is 0.126 e. The van der Waals surface area contributed by atoms with Crippen LogP contribution in [0.4, 0.5) is 11.5 Å². The largest absolute Gasteiger partial charge is 0.397 e. The van der Waals surface area contributed by atoms with Gasteiger partial charge in [0.2, 0.25) is 0 Å². The molecule has 0 saturated heterocycles. The molecule has 0 spiro atoms. The molecule has 0 aliphatic heterocycles. The minimum absolute atomic E-state index is 0.579. The lowest BCUT2D eigenvalue weighted by Crippen LogP contribution is -2.19. The summed E-state index contributed by atoms with van der Waals surface area (Å²) in [6.07, 6.45) is 8.28. The first-order valence-electron chi connectivity index (χ1n) is 6.64. The molecule has 3 N–H and O–H groups in total. The first kappa shape index (κ1) is 12.2. The third-order valence-electron chi connectivity index (χ3n) is 3.76. The third kappa shape index (κ3) is 3.35. The summed E-state index contributed by atoms with van der Waals surface area (Å²) in [6, 6.07) is 2.62. The van der Waals surface area contributed by atoms with Crippen molar-refractivity contribution in [3.05, 3.63) is 17.8 Å². The van der Waals surface area contributed by atoms with E-state index in [1.807, 2.05) is 13.0 Å². The van der Waals surface area contributed by atoms with Crippen molar-refractivity contribution >= 4 is 11.5 Å². The van der Waals surface area contributed by atoms with Crippen LogP contribution in [0.1, 0.15) is 44.6 Å². The van der Waals surface area contributed by atoms with E-state index in [1.54, 1.807) is 6.20 Å². The molecule has 0 radical (unpaired) electrons. The number of nitrogens with one attached hydrogen (secondary N) is 1. The fourth-order valence-electron chi connectivity index (χ4n) is 2.49. The number of rotatable bonds is 2. The van der Waals surface area contributed by atoms with Gasteiger partial charge in [-0.15, -0.1) is 0 Å². The van der Waals surface area contributed by atoms with Crippen molar-refractivity contribution < 1.29 is 0 Å². The lowest BCUT2D eigenvalue weighted by molar-refractivity contribution is 0.502. The fraction of sp³-hybridized carbons (Fsp3) is 0.643. The van der Waals surface area contributed by atoms with Gasteiger partial charge in [-0.1, -0.05) is 19.8 Å². The Morgan fingerprint density at radius 1 is 1.29 bits per heavy atom. The zero-order chi connectivity index (χ0) is 12.3. The van der Waals surface area contributed by atoms with Crippen LogP contribution >= 0.6 is 0 Å². The summed E-state index contributed by atoms with van der Waals surface area (Å²) in [4.78, 5) is 4.35. The monoisotopic (exact) mass is 233 g/mol. The summed E-state index contributed by atoms with van der Waals surface area (Å²) in [7, 11) is 0. The van der Waals surface area contributed by atoms with Crippen molar-refractivity contribution in [1.82, 2.24) is 4.98 Å². The molecule has 1 aliphatic carbocycles. The number of nitrogens with zero attached hydrogens (tertiary/aromatic N) is 1. The Kier molecular flexibility index (Phi) is 3.87. The average molecular weight is 233 g/mol. The quantitative estimate of drug-likeness (QED) is 0.770. The molecule has 0 aromatic carbocycles. The Bertz CT molecular complexity index is 376. The van der Waals surface area contributed by atoms with Gasteiger partial charge in [-0.25, -0.2) is 4.98 Å². The van der Waals surface area contributed by atoms with Gasteiger partial charge < -0.3 is 11.1 Å². The van der Waals surface area contributed by atoms with Crippen LogP contribution in [-0.4, -0.2) is 11.0 Å². The average Bonchev–Trinajstić information content (AvgIpc) is 2.49. The molecule has 1 heterocycles. The highest BCUT2D eigenvalue weighted by Gasteiger charge is 2.16. The normalized spacial score (nSPS) is 25.3. The summed E-state index contributed by atoms with van der Waals surface area (Å²) in [5.74, 6) is 1.85. The van der Waals surface area contributed by atoms with Crippen molar-refractivity contribution in [3.63, 3.8) is 0 Å². The Balaban J connectivity index is 1.97. The van der Waals surface area contributed by atoms with Crippen LogP contribution in [0, 0.1) is 12.8 Å². The van der Waals surface area contributed by atoms with E-state index >= 15 is 0 Å². The van der Waals surface area contributed by atoms with Crippen LogP contribution in [0.15, 0.2) is 12.3 Å². The third-order valence-corrected chi connectivity index (χ3v) is 3.76. The van der Waals surface area contributed by atoms with Crippen LogP contribution in [0.2, 0.25) is 0 Å². The van der Waals surface area contributed by atoms with E-state index in [4.69, 9.17) is 5.73 Å². The van der Waals surface area contributed by atoms with E-state index in [0.717, 1.165) is 23.0 Å². The number of anilines is 2. The lowest BCUT2D eigenvalue weighted by Gasteiger charge is -2.17. The van der Waals surface area contributed by atoms with Gasteiger partial charge in [0, 0.05) is 6.04 Å². The number of aryl methyl sites for hydroxylation is 1. The molecule has 2 rings (SSSR count). The fourth-order valence-corrected chi connectivity index (χ4v) is 2.49. The molecular formula is C14H23N3. The van der Waals surface area contributed by atoms with Gasteiger partial charge in [-0.2, -0.15) is 0 Å². The molecule has 1 fully saturated rings. The number of hydrogen-bond donors (Lipinski definition) is 2. The molecule has 1 aromatic heterocycles. The highest BCUT2D eigenvalue weighted by atomic mass is 15.0. The van der Waals surface area contributed by atoms with Crippen molar-refractivity contribution in [2.75, 3.05) is 11.1 Å². The summed E-state index contributed by atoms with van der Waals surface area (Å²) < 4.78 is 0. The van der Waals surface area contributed by atoms with Crippen LogP contribution < -0.4 is 11.1 Å². The van der Waals surface area contributed by atoms with E-state index < -0.39 is 0 Å². The second kappa shape index (κ2) is 5.39. The summed E-state index contributed by atoms with van der Waals surface area (Å²) >= 11 is 0. The zero-order valence-corrected chi connectivity index (χ0v) is 10.9. The zero-order valence-electron chi connectivity index (χ0n) is 10.9. The molecule has 2 atom stereocenters. The molecule has 0 bridgehead atoms. The summed E-state index contributed by atoms with van der Waals surface area (Å²) in [6.45, 7) is 4.38. The predicted octanol–water partition coefficient (Wildman–Crippen LogP) is 3.35. The minimum Gasteiger partial charge on any atom is -0.397 e. The van der Waals surface area contributed by atoms with Gasteiger partial charge >= 0.3 is 0 Å². The van der Waals surface area contributed by atoms with Gasteiger partial charge in [-0.3, -0.25) is 0 Å². The Morgan fingerprint density at radius 2 is 2.12 bits per heavy atom. The number of nitrogen functional groups attached to an aromatic ring is 1. The maximum absolute atomic E-state index is 5.77. The molecule has 3 nitrogen and oxygen atoms in total. The van der Waals surface area contributed by atoms with Gasteiger partial charge in [-0.05, 0) is 43.7 Å². The van der Waals surface area contributed by atoms with E-state index in [1.165, 1.54) is 32.1 Å². The van der Waals surface area contributed by atoms with Crippen molar-refractivity contribution in [3.8, 4) is 0 Å². The summed E-state index contributed by atoms with van der Waals surface area (Å²) in [5.41, 5.74) is 7.64. The standard InChI is InChI=1S/C14H23N3/c1-10-4-3-5-12(7-6-10)17-14-8-11(2)13(15)9-16-14/h8-10,12H,3-7,15H2,1-2H3,(H,16,17). The van der Waals surface area contributed by atoms with Crippen LogP contribution in [0.5, 0.6) is 0 Å². The Morgan fingerprint density at radius 3 is 2.88 bits per heavy atom. The van der Waals surface area contributed by atoms with Crippen LogP contribution in [0.25, 0.3) is 0 Å². The van der Waals surface area contributed by atoms with E-state index in [9.17, 15) is 0 Å². The van der Waals surface area contributed by atoms with E-state index in [-0.39, 0.29) is 0 Å². The van der Waals surface area contributed by atoms with Crippen molar-refractivity contribution in [1.29, 1.82) is 0 Å². The van der Waals surface area contributed by atoms with Crippen LogP contribution in [-0.2, 0) is 0 Å². The molecule has 0 amide bonds. The second-order valence-corrected chi connectivity index (χ2v) is 5.38. The van der Waals surface area contributed by atoms with Crippen molar-refractivity contribution in [2.45, 2.75) is 52.0 Å². The van der Waals surface area contributed by atoms with Crippen LogP contribution in [0.3, 0.4) is 0 Å². The molecule has 1 aromatic rings. The molecule has 1 saturated carbocycles. The topological polar surface area (TPSA) is 50.9 Å². The molecular weight excluding hydrogens is 210 g/mol. The van der Waals surface area contributed by atoms with Gasteiger partial charge in [0.1, 0.15) is 5.82 Å². The van der Waals surface area contributed by atoms with Gasteiger partial charge in [0.25, 0.3) is 0 Å². The molecule has 17 heavy (non-hydrogen) atoms.